The number of anilines is 1. The van der Waals surface area contributed by atoms with Crippen molar-refractivity contribution in [2.45, 2.75) is 23.6 Å². The Bertz CT molecular complexity index is 879. The second-order valence-corrected chi connectivity index (χ2v) is 8.92. The zero-order valence-electron chi connectivity index (χ0n) is 12.5. The van der Waals surface area contributed by atoms with Gasteiger partial charge >= 0.3 is 0 Å². The number of sulfone groups is 1. The fourth-order valence-corrected chi connectivity index (χ4v) is 3.78. The van der Waals surface area contributed by atoms with E-state index in [1.54, 1.807) is 12.1 Å². The molecule has 0 aliphatic rings. The van der Waals surface area contributed by atoms with Gasteiger partial charge in [0, 0.05) is 11.9 Å². The number of aryl methyl sites for hydroxylation is 2. The largest absolute Gasteiger partial charge is 0.280 e. The van der Waals surface area contributed by atoms with Gasteiger partial charge in [-0.3, -0.25) is 4.72 Å². The van der Waals surface area contributed by atoms with Gasteiger partial charge in [0.2, 0.25) is 0 Å². The molecule has 0 spiro atoms. The van der Waals surface area contributed by atoms with Crippen molar-refractivity contribution in [1.82, 2.24) is 0 Å². The lowest BCUT2D eigenvalue weighted by Crippen LogP contribution is -2.13. The molecule has 7 heteroatoms. The lowest BCUT2D eigenvalue weighted by molar-refractivity contribution is 0.597. The van der Waals surface area contributed by atoms with Gasteiger partial charge in [0.05, 0.1) is 9.79 Å². The highest BCUT2D eigenvalue weighted by molar-refractivity contribution is 7.92. The fraction of sp³-hybridized carbons (Fsp3) is 0.200. The topological polar surface area (TPSA) is 80.3 Å². The molecule has 22 heavy (non-hydrogen) atoms. The SMILES string of the molecule is Cc1cc(C)cc(NS(=O)(=O)c2ccc(S(C)(=O)=O)cc2)c1. The molecule has 0 saturated carbocycles. The van der Waals surface area contributed by atoms with Crippen LogP contribution in [0.3, 0.4) is 0 Å². The Hall–Kier alpha value is -1.86. The molecule has 118 valence electrons. The number of rotatable bonds is 4. The maximum absolute atomic E-state index is 12.3. The van der Waals surface area contributed by atoms with Crippen LogP contribution >= 0.6 is 0 Å². The first kappa shape index (κ1) is 16.5. The molecule has 0 aromatic heterocycles. The van der Waals surface area contributed by atoms with E-state index in [9.17, 15) is 16.8 Å². The van der Waals surface area contributed by atoms with E-state index in [4.69, 9.17) is 0 Å². The van der Waals surface area contributed by atoms with Crippen LogP contribution in [0.2, 0.25) is 0 Å². The van der Waals surface area contributed by atoms with Gasteiger partial charge in [0.25, 0.3) is 10.0 Å². The van der Waals surface area contributed by atoms with E-state index in [-0.39, 0.29) is 9.79 Å². The van der Waals surface area contributed by atoms with Gasteiger partial charge in [-0.1, -0.05) is 6.07 Å². The first-order valence-corrected chi connectivity index (χ1v) is 9.87. The minimum Gasteiger partial charge on any atom is -0.280 e. The van der Waals surface area contributed by atoms with Crippen LogP contribution in [0, 0.1) is 13.8 Å². The number of nitrogens with one attached hydrogen (secondary N) is 1. The van der Waals surface area contributed by atoms with Crippen molar-refractivity contribution in [3.8, 4) is 0 Å². The van der Waals surface area contributed by atoms with Crippen molar-refractivity contribution in [2.24, 2.45) is 0 Å². The van der Waals surface area contributed by atoms with Crippen molar-refractivity contribution < 1.29 is 16.8 Å². The van der Waals surface area contributed by atoms with Gasteiger partial charge in [0.15, 0.2) is 9.84 Å². The molecule has 0 aliphatic carbocycles. The average molecular weight is 339 g/mol. The van der Waals surface area contributed by atoms with Crippen molar-refractivity contribution in [1.29, 1.82) is 0 Å². The standard InChI is InChI=1S/C15H17NO4S2/c1-11-8-12(2)10-13(9-11)16-22(19,20)15-6-4-14(5-7-15)21(3,17)18/h4-10,16H,1-3H3. The van der Waals surface area contributed by atoms with Gasteiger partial charge in [-0.25, -0.2) is 16.8 Å². The van der Waals surface area contributed by atoms with Crippen LogP contribution in [0.1, 0.15) is 11.1 Å². The van der Waals surface area contributed by atoms with Gasteiger partial charge in [0.1, 0.15) is 0 Å². The molecule has 0 bridgehead atoms. The fourth-order valence-electron chi connectivity index (χ4n) is 2.11. The zero-order chi connectivity index (χ0) is 16.5. The van der Waals surface area contributed by atoms with Gasteiger partial charge < -0.3 is 0 Å². The predicted molar refractivity (Wildman–Crippen MR) is 86.3 cm³/mol. The van der Waals surface area contributed by atoms with Gasteiger partial charge in [-0.2, -0.15) is 0 Å². The summed E-state index contributed by atoms with van der Waals surface area (Å²) in [7, 11) is -7.10. The van der Waals surface area contributed by atoms with E-state index in [0.717, 1.165) is 17.4 Å². The van der Waals surface area contributed by atoms with E-state index < -0.39 is 19.9 Å². The molecule has 1 N–H and O–H groups in total. The molecular formula is C15H17NO4S2. The monoisotopic (exact) mass is 339 g/mol. The summed E-state index contributed by atoms with van der Waals surface area (Å²) < 4.78 is 49.9. The van der Waals surface area contributed by atoms with Gasteiger partial charge in [-0.15, -0.1) is 0 Å². The van der Waals surface area contributed by atoms with Crippen LogP contribution in [0.5, 0.6) is 0 Å². The average Bonchev–Trinajstić information content (AvgIpc) is 2.36. The smallest absolute Gasteiger partial charge is 0.261 e. The van der Waals surface area contributed by atoms with Crippen LogP contribution in [0.25, 0.3) is 0 Å². The van der Waals surface area contributed by atoms with Crippen LogP contribution < -0.4 is 4.72 Å². The number of sulfonamides is 1. The second kappa shape index (κ2) is 5.73. The third-order valence-electron chi connectivity index (χ3n) is 3.04. The van der Waals surface area contributed by atoms with Crippen molar-refractivity contribution in [3.05, 3.63) is 53.6 Å². The van der Waals surface area contributed by atoms with E-state index in [1.807, 2.05) is 19.9 Å². The molecule has 0 atom stereocenters. The van der Waals surface area contributed by atoms with E-state index >= 15 is 0 Å². The lowest BCUT2D eigenvalue weighted by atomic mass is 10.1. The van der Waals surface area contributed by atoms with Crippen molar-refractivity contribution in [2.75, 3.05) is 11.0 Å². The molecular weight excluding hydrogens is 322 g/mol. The number of benzene rings is 2. The number of hydrogen-bond donors (Lipinski definition) is 1. The highest BCUT2D eigenvalue weighted by Crippen LogP contribution is 2.20. The van der Waals surface area contributed by atoms with E-state index in [2.05, 4.69) is 4.72 Å². The van der Waals surface area contributed by atoms with Crippen LogP contribution in [0.4, 0.5) is 5.69 Å². The second-order valence-electron chi connectivity index (χ2n) is 5.23. The van der Waals surface area contributed by atoms with Crippen LogP contribution in [-0.2, 0) is 19.9 Å². The Kier molecular flexibility index (Phi) is 4.30. The molecule has 0 amide bonds. The van der Waals surface area contributed by atoms with Crippen LogP contribution in [0.15, 0.2) is 52.3 Å². The summed E-state index contributed by atoms with van der Waals surface area (Å²) in [6.07, 6.45) is 1.07. The Balaban J connectivity index is 2.34. The summed E-state index contributed by atoms with van der Waals surface area (Å²) in [6, 6.07) is 10.5. The molecule has 2 aromatic rings. The first-order valence-electron chi connectivity index (χ1n) is 6.49. The Morgan fingerprint density at radius 1 is 0.773 bits per heavy atom. The minimum atomic E-state index is -3.75. The summed E-state index contributed by atoms with van der Waals surface area (Å²) in [5.41, 5.74) is 2.37. The molecule has 0 heterocycles. The molecule has 5 nitrogen and oxygen atoms in total. The Labute approximate surface area is 131 Å². The Morgan fingerprint density at radius 3 is 1.68 bits per heavy atom. The molecule has 2 aromatic carbocycles. The highest BCUT2D eigenvalue weighted by atomic mass is 32.2. The third-order valence-corrected chi connectivity index (χ3v) is 5.56. The summed E-state index contributed by atoms with van der Waals surface area (Å²) in [5, 5.41) is 0. The van der Waals surface area contributed by atoms with Gasteiger partial charge in [-0.05, 0) is 61.4 Å². The molecule has 0 aliphatic heterocycles. The quantitative estimate of drug-likeness (QED) is 0.928. The van der Waals surface area contributed by atoms with Crippen LogP contribution in [-0.4, -0.2) is 23.1 Å². The lowest BCUT2D eigenvalue weighted by Gasteiger charge is -2.10. The van der Waals surface area contributed by atoms with E-state index in [1.165, 1.54) is 24.3 Å². The molecule has 0 fully saturated rings. The first-order chi connectivity index (χ1) is 10.1. The van der Waals surface area contributed by atoms with Crippen molar-refractivity contribution >= 4 is 25.5 Å². The molecule has 0 radical (unpaired) electrons. The summed E-state index contributed by atoms with van der Waals surface area (Å²) in [4.78, 5) is 0.0944. The Morgan fingerprint density at radius 2 is 1.23 bits per heavy atom. The van der Waals surface area contributed by atoms with E-state index in [0.29, 0.717) is 5.69 Å². The molecule has 0 unspecified atom stereocenters. The van der Waals surface area contributed by atoms with Crippen molar-refractivity contribution in [3.63, 3.8) is 0 Å². The molecule has 0 saturated heterocycles. The normalized spacial score (nSPS) is 12.1. The third kappa shape index (κ3) is 3.86. The predicted octanol–water partition coefficient (Wildman–Crippen LogP) is 2.51. The highest BCUT2D eigenvalue weighted by Gasteiger charge is 2.16. The minimum absolute atomic E-state index is 0.0130. The summed E-state index contributed by atoms with van der Waals surface area (Å²) in [6.45, 7) is 3.76. The summed E-state index contributed by atoms with van der Waals surface area (Å²) in [5.74, 6) is 0. The zero-order valence-corrected chi connectivity index (χ0v) is 14.1. The number of hydrogen-bond acceptors (Lipinski definition) is 4. The summed E-state index contributed by atoms with van der Waals surface area (Å²) >= 11 is 0. The maximum Gasteiger partial charge on any atom is 0.261 e. The molecule has 2 rings (SSSR count). The maximum atomic E-state index is 12.3.